The highest BCUT2D eigenvalue weighted by molar-refractivity contribution is 7.26. The second-order valence-corrected chi connectivity index (χ2v) is 18.1. The number of hydrogen-bond donors (Lipinski definition) is 0. The van der Waals surface area contributed by atoms with Gasteiger partial charge in [0.25, 0.3) is 0 Å². The molecule has 1 atom stereocenters. The predicted molar refractivity (Wildman–Crippen MR) is 277 cm³/mol. The molecule has 0 aliphatic heterocycles. The lowest BCUT2D eigenvalue weighted by Gasteiger charge is -2.13. The van der Waals surface area contributed by atoms with Crippen LogP contribution in [0.3, 0.4) is 0 Å². The summed E-state index contributed by atoms with van der Waals surface area (Å²) < 4.78 is 2.45. The highest BCUT2D eigenvalue weighted by Gasteiger charge is 2.20. The lowest BCUT2D eigenvalue weighted by atomic mass is 9.94. The molecule has 3 aromatic heterocycles. The van der Waals surface area contributed by atoms with Crippen molar-refractivity contribution in [2.75, 3.05) is 0 Å². The van der Waals surface area contributed by atoms with Gasteiger partial charge >= 0.3 is 0 Å². The molecule has 66 heavy (non-hydrogen) atoms. The summed E-state index contributed by atoms with van der Waals surface area (Å²) in [5.74, 6) is 2.46. The smallest absolute Gasteiger partial charge is 0.164 e. The van der Waals surface area contributed by atoms with Crippen LogP contribution in [0.5, 0.6) is 0 Å². The van der Waals surface area contributed by atoms with Gasteiger partial charge in [-0.15, -0.1) is 11.3 Å². The van der Waals surface area contributed by atoms with Crippen LogP contribution in [0, 0.1) is 5.92 Å². The molecule has 312 valence electrons. The predicted octanol–water partition coefficient (Wildman–Crippen LogP) is 16.4. The van der Waals surface area contributed by atoms with Crippen molar-refractivity contribution >= 4 is 48.0 Å². The molecule has 12 rings (SSSR count). The number of aromatic nitrogens is 4. The van der Waals surface area contributed by atoms with E-state index in [1.807, 2.05) is 17.4 Å². The van der Waals surface area contributed by atoms with E-state index in [1.165, 1.54) is 53.4 Å². The first-order valence-electron chi connectivity index (χ1n) is 22.5. The molecule has 1 aliphatic rings. The van der Waals surface area contributed by atoms with Gasteiger partial charge in [0, 0.05) is 43.1 Å². The van der Waals surface area contributed by atoms with Gasteiger partial charge in [0.1, 0.15) is 0 Å². The number of fused-ring (bicyclic) bond motifs is 5. The average molecular weight is 863 g/mol. The summed E-state index contributed by atoms with van der Waals surface area (Å²) in [4.78, 5) is 20.7. The molecule has 0 radical (unpaired) electrons. The van der Waals surface area contributed by atoms with Crippen molar-refractivity contribution in [1.29, 1.82) is 0 Å². The van der Waals surface area contributed by atoms with Gasteiger partial charge in [-0.25, -0.2) is 19.9 Å². The Balaban J connectivity index is 0.918. The Morgan fingerprint density at radius 1 is 0.424 bits per heavy atom. The highest BCUT2D eigenvalue weighted by Crippen LogP contribution is 2.46. The molecule has 8 aromatic carbocycles. The lowest BCUT2D eigenvalue weighted by molar-refractivity contribution is 0.739. The molecule has 0 fully saturated rings. The fraction of sp³-hybridized carbons (Fsp3) is 0.0492. The van der Waals surface area contributed by atoms with Gasteiger partial charge < -0.3 is 0 Å². The SMILES string of the molecule is CC1C=CC(c2ccc(-c3nc(-c4ccc(-c5ccccc5)cc4)nc(-c4ccc(-c5cccc(-c6nc7cccc(-c8ccccc8)c7c7c6sc6ccccc67)c5)cc4)n3)cc2)=CC1. The molecule has 1 aliphatic carbocycles. The summed E-state index contributed by atoms with van der Waals surface area (Å²) in [5.41, 5.74) is 15.2. The first-order valence-corrected chi connectivity index (χ1v) is 23.3. The number of benzene rings is 8. The second kappa shape index (κ2) is 16.8. The summed E-state index contributed by atoms with van der Waals surface area (Å²) in [5, 5.41) is 3.72. The van der Waals surface area contributed by atoms with Crippen molar-refractivity contribution in [3.8, 4) is 78.8 Å². The Morgan fingerprint density at radius 2 is 0.939 bits per heavy atom. The van der Waals surface area contributed by atoms with Crippen molar-refractivity contribution in [3.63, 3.8) is 0 Å². The minimum Gasteiger partial charge on any atom is -0.246 e. The first kappa shape index (κ1) is 39.5. The van der Waals surface area contributed by atoms with Gasteiger partial charge in [0.2, 0.25) is 0 Å². The van der Waals surface area contributed by atoms with Crippen LogP contribution in [-0.2, 0) is 0 Å². The third kappa shape index (κ3) is 7.39. The summed E-state index contributed by atoms with van der Waals surface area (Å²) in [7, 11) is 0. The molecule has 4 nitrogen and oxygen atoms in total. The fourth-order valence-corrected chi connectivity index (χ4v) is 10.4. The molecular weight excluding hydrogens is 821 g/mol. The van der Waals surface area contributed by atoms with Gasteiger partial charge in [-0.1, -0.05) is 207 Å². The maximum atomic E-state index is 5.44. The molecule has 3 heterocycles. The molecule has 0 saturated carbocycles. The molecule has 0 saturated heterocycles. The molecule has 0 spiro atoms. The van der Waals surface area contributed by atoms with Gasteiger partial charge in [-0.2, -0.15) is 0 Å². The maximum absolute atomic E-state index is 5.44. The maximum Gasteiger partial charge on any atom is 0.164 e. The van der Waals surface area contributed by atoms with Crippen LogP contribution < -0.4 is 0 Å². The largest absolute Gasteiger partial charge is 0.246 e. The lowest BCUT2D eigenvalue weighted by Crippen LogP contribution is -2.00. The third-order valence-electron chi connectivity index (χ3n) is 12.7. The number of hydrogen-bond acceptors (Lipinski definition) is 5. The van der Waals surface area contributed by atoms with Crippen LogP contribution in [0.1, 0.15) is 18.9 Å². The van der Waals surface area contributed by atoms with E-state index in [0.29, 0.717) is 23.4 Å². The number of pyridine rings is 1. The number of nitrogens with zero attached hydrogens (tertiary/aromatic N) is 4. The molecule has 0 bridgehead atoms. The highest BCUT2D eigenvalue weighted by atomic mass is 32.1. The van der Waals surface area contributed by atoms with Gasteiger partial charge in [0.05, 0.1) is 15.9 Å². The van der Waals surface area contributed by atoms with E-state index in [2.05, 4.69) is 219 Å². The van der Waals surface area contributed by atoms with Crippen LogP contribution in [-0.4, -0.2) is 19.9 Å². The molecule has 1 unspecified atom stereocenters. The van der Waals surface area contributed by atoms with Crippen LogP contribution in [0.15, 0.2) is 218 Å². The van der Waals surface area contributed by atoms with E-state index < -0.39 is 0 Å². The van der Waals surface area contributed by atoms with Crippen molar-refractivity contribution in [2.45, 2.75) is 13.3 Å². The summed E-state index contributed by atoms with van der Waals surface area (Å²) in [6.07, 6.45) is 7.89. The summed E-state index contributed by atoms with van der Waals surface area (Å²) >= 11 is 1.82. The Kier molecular flexibility index (Phi) is 10.0. The molecule has 11 aromatic rings. The normalized spacial score (nSPS) is 13.7. The fourth-order valence-electron chi connectivity index (χ4n) is 9.20. The van der Waals surface area contributed by atoms with E-state index in [1.54, 1.807) is 0 Å². The van der Waals surface area contributed by atoms with Crippen molar-refractivity contribution < 1.29 is 0 Å². The number of rotatable bonds is 8. The quantitative estimate of drug-likeness (QED) is 0.153. The van der Waals surface area contributed by atoms with Gasteiger partial charge in [0.15, 0.2) is 17.5 Å². The number of thiophene rings is 1. The zero-order valence-corrected chi connectivity index (χ0v) is 37.1. The molecular formula is C61H42N4S. The molecule has 0 N–H and O–H groups in total. The molecule has 0 amide bonds. The Labute approximate surface area is 388 Å². The summed E-state index contributed by atoms with van der Waals surface area (Å²) in [6.45, 7) is 2.25. The Bertz CT molecular complexity index is 3650. The summed E-state index contributed by atoms with van der Waals surface area (Å²) in [6, 6.07) is 70.8. The topological polar surface area (TPSA) is 51.6 Å². The van der Waals surface area contributed by atoms with Crippen LogP contribution in [0.25, 0.3) is 115 Å². The monoisotopic (exact) mass is 862 g/mol. The average Bonchev–Trinajstić information content (AvgIpc) is 3.79. The second-order valence-electron chi connectivity index (χ2n) is 17.0. The standard InChI is InChI=1S/C61H42N4S/c1-39-22-24-41(25-23-39)43-28-34-47(35-29-43)60-63-59(46-32-26-42(27-33-46)40-12-4-2-5-13-40)64-61(65-60)48-36-30-44(31-37-48)49-16-10-17-50(38-49)57-58-56(52-18-8-9-21-54(52)66-58)55-51(19-11-20-53(55)62-57)45-14-6-3-7-15-45/h2-22,24-39H,23H2,1H3. The van der Waals surface area contributed by atoms with Crippen molar-refractivity contribution in [3.05, 3.63) is 224 Å². The zero-order valence-electron chi connectivity index (χ0n) is 36.3. The van der Waals surface area contributed by atoms with E-state index >= 15 is 0 Å². The zero-order chi connectivity index (χ0) is 44.0. The Morgan fingerprint density at radius 3 is 1.58 bits per heavy atom. The van der Waals surface area contributed by atoms with Crippen molar-refractivity contribution in [1.82, 2.24) is 19.9 Å². The molecule has 5 heteroatoms. The Hall–Kier alpha value is -8.12. The first-order chi connectivity index (χ1) is 32.6. The van der Waals surface area contributed by atoms with Crippen LogP contribution in [0.2, 0.25) is 0 Å². The van der Waals surface area contributed by atoms with Gasteiger partial charge in [-0.05, 0) is 75.1 Å². The van der Waals surface area contributed by atoms with E-state index in [4.69, 9.17) is 19.9 Å². The minimum absolute atomic E-state index is 0.567. The van der Waals surface area contributed by atoms with Crippen molar-refractivity contribution in [2.24, 2.45) is 5.92 Å². The van der Waals surface area contributed by atoms with E-state index in [9.17, 15) is 0 Å². The van der Waals surface area contributed by atoms with Gasteiger partial charge in [-0.3, -0.25) is 0 Å². The third-order valence-corrected chi connectivity index (χ3v) is 13.9. The minimum atomic E-state index is 0.567. The van der Waals surface area contributed by atoms with E-state index in [-0.39, 0.29) is 0 Å². The van der Waals surface area contributed by atoms with Crippen LogP contribution in [0.4, 0.5) is 0 Å². The van der Waals surface area contributed by atoms with E-state index in [0.717, 1.165) is 56.6 Å². The number of allylic oxidation sites excluding steroid dienone is 4. The van der Waals surface area contributed by atoms with Crippen LogP contribution >= 0.6 is 11.3 Å².